The number of hydrogen-bond donors (Lipinski definition) is 0. The largest absolute Gasteiger partial charge is 0.416 e. The zero-order valence-corrected chi connectivity index (χ0v) is 12.6. The quantitative estimate of drug-likeness (QED) is 0.856. The van der Waals surface area contributed by atoms with E-state index in [4.69, 9.17) is 4.74 Å². The topological polar surface area (TPSA) is 60.2 Å². The van der Waals surface area contributed by atoms with Crippen LogP contribution in [0, 0.1) is 0 Å². The van der Waals surface area contributed by atoms with Gasteiger partial charge in [0, 0.05) is 12.7 Å². The number of benzene rings is 1. The lowest BCUT2D eigenvalue weighted by Gasteiger charge is -2.33. The van der Waals surface area contributed by atoms with Crippen LogP contribution in [0.4, 0.5) is 13.2 Å². The number of halogens is 3. The Balaban J connectivity index is 1.65. The van der Waals surface area contributed by atoms with Crippen molar-refractivity contribution in [2.24, 2.45) is 0 Å². The van der Waals surface area contributed by atoms with E-state index in [0.717, 1.165) is 12.1 Å². The molecule has 2 heterocycles. The molecule has 3 rings (SSSR count). The fourth-order valence-corrected chi connectivity index (χ4v) is 2.52. The smallest absolute Gasteiger partial charge is 0.370 e. The fourth-order valence-electron chi connectivity index (χ4n) is 2.52. The summed E-state index contributed by atoms with van der Waals surface area (Å²) in [6.07, 6.45) is -1.74. The highest BCUT2D eigenvalue weighted by Gasteiger charge is 2.31. The van der Waals surface area contributed by atoms with Crippen LogP contribution in [-0.2, 0) is 22.3 Å². The number of aromatic nitrogens is 3. The highest BCUT2D eigenvalue weighted by Crippen LogP contribution is 2.31. The van der Waals surface area contributed by atoms with Gasteiger partial charge in [-0.2, -0.15) is 13.2 Å². The molecule has 1 amide bonds. The number of ether oxygens (including phenoxy) is 1. The molecule has 1 fully saturated rings. The molecule has 2 aromatic rings. The number of alkyl halides is 3. The van der Waals surface area contributed by atoms with Crippen LogP contribution in [0.3, 0.4) is 0 Å². The van der Waals surface area contributed by atoms with Gasteiger partial charge in [0.25, 0.3) is 0 Å². The molecule has 0 saturated carbocycles. The van der Waals surface area contributed by atoms with E-state index in [1.165, 1.54) is 23.0 Å². The molecule has 0 radical (unpaired) electrons. The summed E-state index contributed by atoms with van der Waals surface area (Å²) in [6.45, 7) is 1.12. The minimum atomic E-state index is -4.37. The number of morpholine rings is 1. The van der Waals surface area contributed by atoms with Gasteiger partial charge < -0.3 is 9.64 Å². The minimum Gasteiger partial charge on any atom is -0.370 e. The van der Waals surface area contributed by atoms with Gasteiger partial charge in [0.15, 0.2) is 0 Å². The van der Waals surface area contributed by atoms with Gasteiger partial charge >= 0.3 is 6.18 Å². The van der Waals surface area contributed by atoms with Crippen LogP contribution >= 0.6 is 0 Å². The van der Waals surface area contributed by atoms with Crippen molar-refractivity contribution >= 4 is 5.91 Å². The number of hydrogen-bond acceptors (Lipinski definition) is 4. The summed E-state index contributed by atoms with van der Waals surface area (Å²) < 4.78 is 44.9. The zero-order chi connectivity index (χ0) is 17.2. The third-order valence-electron chi connectivity index (χ3n) is 3.80. The maximum Gasteiger partial charge on any atom is 0.416 e. The van der Waals surface area contributed by atoms with Crippen molar-refractivity contribution in [3.63, 3.8) is 0 Å². The van der Waals surface area contributed by atoms with Crippen molar-refractivity contribution < 1.29 is 22.7 Å². The Morgan fingerprint density at radius 1 is 1.29 bits per heavy atom. The van der Waals surface area contributed by atoms with E-state index in [0.29, 0.717) is 25.3 Å². The van der Waals surface area contributed by atoms with Crippen LogP contribution in [0.1, 0.15) is 17.2 Å². The van der Waals surface area contributed by atoms with Crippen molar-refractivity contribution in [3.05, 3.63) is 47.8 Å². The standard InChI is InChI=1S/C15H15F3N4O2/c16-15(17,18)12-3-1-11(2-4-12)13-9-21(7-8-24-13)14(23)10-22-6-5-19-20-22/h1-6,13H,7-10H2. The van der Waals surface area contributed by atoms with Gasteiger partial charge in [-0.1, -0.05) is 17.3 Å². The molecule has 1 aromatic carbocycles. The summed E-state index contributed by atoms with van der Waals surface area (Å²) in [5.41, 5.74) is -0.0950. The molecule has 24 heavy (non-hydrogen) atoms. The molecule has 1 aromatic heterocycles. The maximum atomic E-state index is 12.6. The van der Waals surface area contributed by atoms with Crippen molar-refractivity contribution in [1.29, 1.82) is 0 Å². The summed E-state index contributed by atoms with van der Waals surface area (Å²) in [5.74, 6) is -0.138. The molecule has 6 nitrogen and oxygen atoms in total. The molecule has 128 valence electrons. The molecular formula is C15H15F3N4O2. The molecule has 0 N–H and O–H groups in total. The molecule has 1 unspecified atom stereocenters. The average Bonchev–Trinajstić information content (AvgIpc) is 3.07. The van der Waals surface area contributed by atoms with E-state index in [-0.39, 0.29) is 12.5 Å². The van der Waals surface area contributed by atoms with Crippen molar-refractivity contribution in [3.8, 4) is 0 Å². The molecule has 0 aliphatic carbocycles. The number of nitrogens with zero attached hydrogens (tertiary/aromatic N) is 4. The van der Waals surface area contributed by atoms with E-state index >= 15 is 0 Å². The molecular weight excluding hydrogens is 325 g/mol. The Morgan fingerprint density at radius 2 is 2.04 bits per heavy atom. The first-order valence-electron chi connectivity index (χ1n) is 7.34. The predicted octanol–water partition coefficient (Wildman–Crippen LogP) is 1.90. The molecule has 1 aliphatic rings. The first-order valence-corrected chi connectivity index (χ1v) is 7.34. The Hall–Kier alpha value is -2.42. The van der Waals surface area contributed by atoms with Crippen LogP contribution < -0.4 is 0 Å². The summed E-state index contributed by atoms with van der Waals surface area (Å²) in [7, 11) is 0. The second kappa shape index (κ2) is 6.60. The van der Waals surface area contributed by atoms with Gasteiger partial charge in [0.2, 0.25) is 5.91 Å². The molecule has 0 bridgehead atoms. The summed E-state index contributed by atoms with van der Waals surface area (Å²) in [5, 5.41) is 7.38. The van der Waals surface area contributed by atoms with Gasteiger partial charge in [-0.25, -0.2) is 4.68 Å². The van der Waals surface area contributed by atoms with E-state index in [1.807, 2.05) is 0 Å². The molecule has 9 heteroatoms. The van der Waals surface area contributed by atoms with Gasteiger partial charge in [-0.05, 0) is 17.7 Å². The predicted molar refractivity (Wildman–Crippen MR) is 76.7 cm³/mol. The third-order valence-corrected chi connectivity index (χ3v) is 3.80. The van der Waals surface area contributed by atoms with E-state index in [9.17, 15) is 18.0 Å². The lowest BCUT2D eigenvalue weighted by molar-refractivity contribution is -0.139. The minimum absolute atomic E-state index is 0.0692. The Bertz CT molecular complexity index is 686. The summed E-state index contributed by atoms with van der Waals surface area (Å²) in [6, 6.07) is 4.82. The van der Waals surface area contributed by atoms with Gasteiger partial charge in [0.05, 0.1) is 24.9 Å². The first-order chi connectivity index (χ1) is 11.4. The zero-order valence-electron chi connectivity index (χ0n) is 12.6. The summed E-state index contributed by atoms with van der Waals surface area (Å²) >= 11 is 0. The highest BCUT2D eigenvalue weighted by molar-refractivity contribution is 5.76. The van der Waals surface area contributed by atoms with E-state index < -0.39 is 17.8 Å². The number of carbonyl (C=O) groups is 1. The normalized spacial score (nSPS) is 18.6. The Kier molecular flexibility index (Phi) is 4.52. The van der Waals surface area contributed by atoms with Gasteiger partial charge in [-0.15, -0.1) is 5.10 Å². The SMILES string of the molecule is O=C(Cn1ccnn1)N1CCOC(c2ccc(C(F)(F)F)cc2)C1. The maximum absolute atomic E-state index is 12.6. The lowest BCUT2D eigenvalue weighted by Crippen LogP contribution is -2.43. The van der Waals surface area contributed by atoms with E-state index in [1.54, 1.807) is 11.1 Å². The number of carbonyl (C=O) groups excluding carboxylic acids is 1. The Labute approximate surface area is 135 Å². The summed E-state index contributed by atoms with van der Waals surface area (Å²) in [4.78, 5) is 13.9. The van der Waals surface area contributed by atoms with Crippen LogP contribution in [0.2, 0.25) is 0 Å². The lowest BCUT2D eigenvalue weighted by atomic mass is 10.1. The number of rotatable bonds is 3. The van der Waals surface area contributed by atoms with Crippen LogP contribution in [0.5, 0.6) is 0 Å². The monoisotopic (exact) mass is 340 g/mol. The molecule has 0 spiro atoms. The van der Waals surface area contributed by atoms with Crippen LogP contribution in [0.15, 0.2) is 36.7 Å². The van der Waals surface area contributed by atoms with Gasteiger partial charge in [-0.3, -0.25) is 4.79 Å². The fraction of sp³-hybridized carbons (Fsp3) is 0.400. The van der Waals surface area contributed by atoms with Crippen molar-refractivity contribution in [1.82, 2.24) is 19.9 Å². The highest BCUT2D eigenvalue weighted by atomic mass is 19.4. The van der Waals surface area contributed by atoms with Gasteiger partial charge in [0.1, 0.15) is 12.6 Å². The number of amides is 1. The molecule has 1 saturated heterocycles. The Morgan fingerprint density at radius 3 is 2.67 bits per heavy atom. The average molecular weight is 340 g/mol. The van der Waals surface area contributed by atoms with Crippen molar-refractivity contribution in [2.45, 2.75) is 18.8 Å². The first kappa shape index (κ1) is 16.4. The third kappa shape index (κ3) is 3.73. The second-order valence-electron chi connectivity index (χ2n) is 5.42. The van der Waals surface area contributed by atoms with E-state index in [2.05, 4.69) is 10.3 Å². The van der Waals surface area contributed by atoms with Crippen molar-refractivity contribution in [2.75, 3.05) is 19.7 Å². The molecule has 1 atom stereocenters. The van der Waals surface area contributed by atoms with Crippen LogP contribution in [-0.4, -0.2) is 45.5 Å². The van der Waals surface area contributed by atoms with Crippen LogP contribution in [0.25, 0.3) is 0 Å². The molecule has 1 aliphatic heterocycles. The second-order valence-corrected chi connectivity index (χ2v) is 5.42.